The zero-order valence-corrected chi connectivity index (χ0v) is 7.74. The molecule has 1 aromatic carbocycles. The van der Waals surface area contributed by atoms with Crippen LogP contribution < -0.4 is 5.73 Å². The number of benzene rings is 1. The molecule has 0 radical (unpaired) electrons. The lowest BCUT2D eigenvalue weighted by Crippen LogP contribution is -2.24. The highest BCUT2D eigenvalue weighted by Crippen LogP contribution is 2.20. The Bertz CT molecular complexity index is 371. The second-order valence-corrected chi connectivity index (χ2v) is 3.09. The van der Waals surface area contributed by atoms with Gasteiger partial charge in [0.2, 0.25) is 0 Å². The second-order valence-electron chi connectivity index (χ2n) is 3.09. The summed E-state index contributed by atoms with van der Waals surface area (Å²) in [5.41, 5.74) is 5.67. The molecule has 1 unspecified atom stereocenters. The Morgan fingerprint density at radius 1 is 1.57 bits per heavy atom. The Hall–Kier alpha value is -1.44. The molecule has 0 heterocycles. The molecule has 0 aliphatic carbocycles. The molecule has 0 saturated carbocycles. The van der Waals surface area contributed by atoms with E-state index in [0.717, 1.165) is 0 Å². The summed E-state index contributed by atoms with van der Waals surface area (Å²) >= 11 is 0. The van der Waals surface area contributed by atoms with Crippen LogP contribution in [-0.4, -0.2) is 11.2 Å². The number of aliphatic hydroxyl groups is 1. The van der Waals surface area contributed by atoms with Crippen molar-refractivity contribution in [2.24, 2.45) is 5.73 Å². The van der Waals surface area contributed by atoms with E-state index in [0.29, 0.717) is 0 Å². The quantitative estimate of drug-likeness (QED) is 0.740. The van der Waals surface area contributed by atoms with Crippen LogP contribution in [-0.2, 0) is 0 Å². The number of aliphatic hydroxyl groups excluding tert-OH is 1. The van der Waals surface area contributed by atoms with Gasteiger partial charge >= 0.3 is 0 Å². The van der Waals surface area contributed by atoms with Gasteiger partial charge in [-0.1, -0.05) is 12.1 Å². The largest absolute Gasteiger partial charge is 0.391 e. The Labute approximate surface area is 81.6 Å². The van der Waals surface area contributed by atoms with Crippen molar-refractivity contribution in [3.05, 3.63) is 35.1 Å². The summed E-state index contributed by atoms with van der Waals surface area (Å²) in [6.45, 7) is 1.48. The molecule has 0 aliphatic rings. The van der Waals surface area contributed by atoms with Gasteiger partial charge in [-0.15, -0.1) is 0 Å². The van der Waals surface area contributed by atoms with Crippen molar-refractivity contribution in [2.45, 2.75) is 19.1 Å². The SMILES string of the molecule is CC(O)[C@@H](N)c1cccc(C#N)c1F. The van der Waals surface area contributed by atoms with Gasteiger partial charge in [0.05, 0.1) is 17.7 Å². The van der Waals surface area contributed by atoms with Gasteiger partial charge in [-0.05, 0) is 13.0 Å². The van der Waals surface area contributed by atoms with Crippen LogP contribution in [0.3, 0.4) is 0 Å². The topological polar surface area (TPSA) is 70.0 Å². The summed E-state index contributed by atoms with van der Waals surface area (Å²) in [5.74, 6) is -0.650. The standard InChI is InChI=1S/C10H11FN2O/c1-6(14)10(13)8-4-2-3-7(5-12)9(8)11/h2-4,6,10,14H,13H2,1H3/t6?,10-/m1/s1. The third-order valence-corrected chi connectivity index (χ3v) is 2.03. The van der Waals surface area contributed by atoms with E-state index in [1.54, 1.807) is 12.1 Å². The predicted molar refractivity (Wildman–Crippen MR) is 49.7 cm³/mol. The van der Waals surface area contributed by atoms with E-state index in [2.05, 4.69) is 0 Å². The van der Waals surface area contributed by atoms with E-state index in [-0.39, 0.29) is 11.1 Å². The number of nitrogens with zero attached hydrogens (tertiary/aromatic N) is 1. The van der Waals surface area contributed by atoms with Crippen LogP contribution >= 0.6 is 0 Å². The lowest BCUT2D eigenvalue weighted by Gasteiger charge is -2.15. The number of hydrogen-bond acceptors (Lipinski definition) is 3. The predicted octanol–water partition coefficient (Wildman–Crippen LogP) is 1.08. The van der Waals surface area contributed by atoms with Gasteiger partial charge in [0.15, 0.2) is 0 Å². The molecule has 0 saturated heterocycles. The third kappa shape index (κ3) is 1.90. The fourth-order valence-electron chi connectivity index (χ4n) is 1.15. The molecular weight excluding hydrogens is 183 g/mol. The molecule has 0 spiro atoms. The Balaban J connectivity index is 3.17. The highest BCUT2D eigenvalue weighted by Gasteiger charge is 2.17. The maximum atomic E-state index is 13.5. The molecule has 3 nitrogen and oxygen atoms in total. The monoisotopic (exact) mass is 194 g/mol. The molecule has 0 aliphatic heterocycles. The number of nitrogens with two attached hydrogens (primary N) is 1. The van der Waals surface area contributed by atoms with Gasteiger partial charge in [0, 0.05) is 5.56 Å². The summed E-state index contributed by atoms with van der Waals surface area (Å²) in [6, 6.07) is 5.29. The zero-order valence-electron chi connectivity index (χ0n) is 7.74. The van der Waals surface area contributed by atoms with Crippen molar-refractivity contribution in [1.29, 1.82) is 5.26 Å². The minimum Gasteiger partial charge on any atom is -0.391 e. The van der Waals surface area contributed by atoms with E-state index in [1.165, 1.54) is 19.1 Å². The first-order chi connectivity index (χ1) is 6.57. The van der Waals surface area contributed by atoms with E-state index >= 15 is 0 Å². The summed E-state index contributed by atoms with van der Waals surface area (Å²) in [7, 11) is 0. The molecule has 1 aromatic rings. The summed E-state index contributed by atoms with van der Waals surface area (Å²) in [5, 5.41) is 17.8. The lowest BCUT2D eigenvalue weighted by molar-refractivity contribution is 0.162. The molecule has 0 bridgehead atoms. The Morgan fingerprint density at radius 2 is 2.21 bits per heavy atom. The highest BCUT2D eigenvalue weighted by molar-refractivity contribution is 5.36. The van der Waals surface area contributed by atoms with Crippen LogP contribution in [0.1, 0.15) is 24.1 Å². The molecule has 14 heavy (non-hydrogen) atoms. The Kier molecular flexibility index (Phi) is 3.18. The minimum atomic E-state index is -0.849. The fourth-order valence-corrected chi connectivity index (χ4v) is 1.15. The first-order valence-electron chi connectivity index (χ1n) is 4.20. The van der Waals surface area contributed by atoms with Crippen molar-refractivity contribution >= 4 is 0 Å². The molecular formula is C10H11FN2O. The molecule has 1 rings (SSSR count). The normalized spacial score (nSPS) is 14.5. The molecule has 4 heteroatoms. The smallest absolute Gasteiger partial charge is 0.145 e. The van der Waals surface area contributed by atoms with E-state index < -0.39 is 18.0 Å². The molecule has 3 N–H and O–H groups in total. The lowest BCUT2D eigenvalue weighted by atomic mass is 10.0. The van der Waals surface area contributed by atoms with Crippen LogP contribution in [0, 0.1) is 17.1 Å². The van der Waals surface area contributed by atoms with Crippen LogP contribution in [0.25, 0.3) is 0 Å². The number of hydrogen-bond donors (Lipinski definition) is 2. The van der Waals surface area contributed by atoms with Crippen LogP contribution in [0.4, 0.5) is 4.39 Å². The average Bonchev–Trinajstić information content (AvgIpc) is 2.17. The van der Waals surface area contributed by atoms with Crippen LogP contribution in [0.15, 0.2) is 18.2 Å². The van der Waals surface area contributed by atoms with E-state index in [4.69, 9.17) is 11.0 Å². The molecule has 2 atom stereocenters. The average molecular weight is 194 g/mol. The first-order valence-corrected chi connectivity index (χ1v) is 4.20. The van der Waals surface area contributed by atoms with Crippen molar-refractivity contribution < 1.29 is 9.50 Å². The molecule has 74 valence electrons. The third-order valence-electron chi connectivity index (χ3n) is 2.03. The number of halogens is 1. The number of rotatable bonds is 2. The zero-order chi connectivity index (χ0) is 10.7. The van der Waals surface area contributed by atoms with Gasteiger partial charge in [-0.25, -0.2) is 4.39 Å². The summed E-state index contributed by atoms with van der Waals surface area (Å²) < 4.78 is 13.5. The molecule has 0 fully saturated rings. The van der Waals surface area contributed by atoms with Crippen molar-refractivity contribution in [3.8, 4) is 6.07 Å². The van der Waals surface area contributed by atoms with Crippen LogP contribution in [0.5, 0.6) is 0 Å². The van der Waals surface area contributed by atoms with Gasteiger partial charge in [0.1, 0.15) is 11.9 Å². The van der Waals surface area contributed by atoms with Crippen molar-refractivity contribution in [3.63, 3.8) is 0 Å². The summed E-state index contributed by atoms with van der Waals surface area (Å²) in [6.07, 6.45) is -0.849. The summed E-state index contributed by atoms with van der Waals surface area (Å²) in [4.78, 5) is 0. The van der Waals surface area contributed by atoms with Gasteiger partial charge in [0.25, 0.3) is 0 Å². The van der Waals surface area contributed by atoms with Gasteiger partial charge in [-0.3, -0.25) is 0 Å². The number of nitriles is 1. The highest BCUT2D eigenvalue weighted by atomic mass is 19.1. The van der Waals surface area contributed by atoms with Gasteiger partial charge in [-0.2, -0.15) is 5.26 Å². The van der Waals surface area contributed by atoms with E-state index in [1.807, 2.05) is 0 Å². The second kappa shape index (κ2) is 4.18. The molecule has 0 aromatic heterocycles. The fraction of sp³-hybridized carbons (Fsp3) is 0.300. The Morgan fingerprint density at radius 3 is 2.71 bits per heavy atom. The van der Waals surface area contributed by atoms with Gasteiger partial charge < -0.3 is 10.8 Å². The van der Waals surface area contributed by atoms with Crippen molar-refractivity contribution in [1.82, 2.24) is 0 Å². The maximum absolute atomic E-state index is 13.5. The molecule has 0 amide bonds. The maximum Gasteiger partial charge on any atom is 0.145 e. The minimum absolute atomic E-state index is 0.0569. The first kappa shape index (κ1) is 10.6. The van der Waals surface area contributed by atoms with E-state index in [9.17, 15) is 9.50 Å². The van der Waals surface area contributed by atoms with Crippen molar-refractivity contribution in [2.75, 3.05) is 0 Å². The van der Waals surface area contributed by atoms with Crippen LogP contribution in [0.2, 0.25) is 0 Å².